The van der Waals surface area contributed by atoms with Crippen molar-refractivity contribution in [2.75, 3.05) is 130 Å². The summed E-state index contributed by atoms with van der Waals surface area (Å²) in [5.41, 5.74) is 1.05. The van der Waals surface area contributed by atoms with Gasteiger partial charge in [0, 0.05) is 108 Å². The maximum absolute atomic E-state index is 14.2. The van der Waals surface area contributed by atoms with Crippen molar-refractivity contribution in [1.82, 2.24) is 29.4 Å². The van der Waals surface area contributed by atoms with Gasteiger partial charge in [0.2, 0.25) is 11.8 Å². The number of likely N-dealkylation sites (N-methyl/N-ethyl adjacent to an activating group) is 2. The second kappa shape index (κ2) is 31.8. The molecule has 3 aliphatic heterocycles. The highest BCUT2D eigenvalue weighted by atomic mass is 19.4. The van der Waals surface area contributed by atoms with Crippen LogP contribution in [0.15, 0.2) is 146 Å². The molecule has 17 nitrogen and oxygen atoms in total. The van der Waals surface area contributed by atoms with E-state index >= 15 is 0 Å². The summed E-state index contributed by atoms with van der Waals surface area (Å²) in [6.07, 6.45) is -6.50. The number of ether oxygens (including phenoxy) is 4. The molecule has 5 amide bonds. The lowest BCUT2D eigenvalue weighted by Crippen LogP contribution is -2.50. The standard InChI is InChI=1S/C73H83F7N8O9/c1-83(33-12-34-85(3)67(91)52-19-25-59(26-20-52)81-32-11-42-94-47-65(89)84(2)40-41-86-35-27-60(28-36-86)97-69(93)82-63-18-10-8-16-61(63)51-13-5-4-6-14-51)66(90)48-95-64-45-53-15-7-9-17-62(53)70(64)29-37-87(38-30-70)39-31-71(55-21-23-58(74)24-22-55)49-88(50-96-71)68(92)54-43-56(72(75,76)77)46-57(44-54)73(78,79)80/h4-10,13-26,43-44,46,60,64,81H,11-12,27-42,45,47-50H2,1-3H3,(H,82,93)/t64-,71-/m0/s1. The summed E-state index contributed by atoms with van der Waals surface area (Å²) < 4.78 is 121. The van der Waals surface area contributed by atoms with E-state index in [1.807, 2.05) is 78.9 Å². The van der Waals surface area contributed by atoms with Gasteiger partial charge in [-0.3, -0.25) is 24.5 Å². The maximum Gasteiger partial charge on any atom is 0.416 e. The average molecular weight is 1350 g/mol. The lowest BCUT2D eigenvalue weighted by molar-refractivity contribution is -0.143. The van der Waals surface area contributed by atoms with Crippen LogP contribution < -0.4 is 10.6 Å². The number of fused-ring (bicyclic) bond motifs is 2. The Labute approximate surface area is 560 Å². The third-order valence-electron chi connectivity index (χ3n) is 19.1. The molecule has 4 aliphatic rings. The molecule has 6 aromatic rings. The van der Waals surface area contributed by atoms with Crippen LogP contribution in [0.25, 0.3) is 11.1 Å². The molecule has 97 heavy (non-hydrogen) atoms. The first-order valence-electron chi connectivity index (χ1n) is 32.9. The van der Waals surface area contributed by atoms with Gasteiger partial charge in [-0.25, -0.2) is 9.18 Å². The Balaban J connectivity index is 0.604. The number of hydrogen-bond acceptors (Lipinski definition) is 12. The molecular formula is C73H83F7N8O9. The Kier molecular flexibility index (Phi) is 23.4. The van der Waals surface area contributed by atoms with Crippen LogP contribution in [0.3, 0.4) is 0 Å². The number of para-hydroxylation sites is 1. The maximum atomic E-state index is 14.2. The van der Waals surface area contributed by atoms with Crippen molar-refractivity contribution < 1.29 is 73.7 Å². The lowest BCUT2D eigenvalue weighted by atomic mass is 9.72. The number of carbonyl (C=O) groups excluding carboxylic acids is 5. The van der Waals surface area contributed by atoms with Crippen LogP contribution >= 0.6 is 0 Å². The number of likely N-dealkylation sites (tertiary alicyclic amines) is 2. The number of alkyl halides is 6. The molecule has 0 unspecified atom stereocenters. The number of hydrogen-bond donors (Lipinski definition) is 2. The molecule has 2 atom stereocenters. The molecule has 2 N–H and O–H groups in total. The fraction of sp³-hybridized carbons (Fsp3) is 0.438. The van der Waals surface area contributed by atoms with Crippen LogP contribution in [0, 0.1) is 5.82 Å². The number of benzene rings is 6. The molecule has 6 aromatic carbocycles. The van der Waals surface area contributed by atoms with E-state index in [0.29, 0.717) is 133 Å². The first-order valence-corrected chi connectivity index (χ1v) is 32.9. The summed E-state index contributed by atoms with van der Waals surface area (Å²) in [5.74, 6) is -2.08. The molecule has 0 aromatic heterocycles. The van der Waals surface area contributed by atoms with E-state index in [9.17, 15) is 54.7 Å². The van der Waals surface area contributed by atoms with Gasteiger partial charge in [0.05, 0.1) is 29.5 Å². The molecule has 10 rings (SSSR count). The minimum absolute atomic E-state index is 0.0272. The Hall–Kier alpha value is -8.42. The molecule has 3 fully saturated rings. The van der Waals surface area contributed by atoms with Crippen LogP contribution in [0.2, 0.25) is 0 Å². The topological polar surface area (TPSA) is 166 Å². The molecule has 1 aliphatic carbocycles. The number of amides is 5. The minimum atomic E-state index is -5.15. The van der Waals surface area contributed by atoms with Crippen LogP contribution in [-0.4, -0.2) is 191 Å². The van der Waals surface area contributed by atoms with E-state index in [1.54, 1.807) is 48.0 Å². The van der Waals surface area contributed by atoms with Gasteiger partial charge in [0.25, 0.3) is 11.8 Å². The molecule has 0 bridgehead atoms. The summed E-state index contributed by atoms with van der Waals surface area (Å²) in [5, 5.41) is 6.25. The summed E-state index contributed by atoms with van der Waals surface area (Å²) in [6, 6.07) is 39.0. The lowest BCUT2D eigenvalue weighted by Gasteiger charge is -2.44. The monoisotopic (exact) mass is 1350 g/mol. The number of anilines is 2. The van der Waals surface area contributed by atoms with Gasteiger partial charge < -0.3 is 53.7 Å². The van der Waals surface area contributed by atoms with Crippen molar-refractivity contribution in [2.45, 2.75) is 86.9 Å². The third kappa shape index (κ3) is 18.2. The van der Waals surface area contributed by atoms with Gasteiger partial charge in [-0.1, -0.05) is 84.9 Å². The van der Waals surface area contributed by atoms with Crippen LogP contribution in [0.1, 0.15) is 93.5 Å². The van der Waals surface area contributed by atoms with Crippen LogP contribution in [-0.2, 0) is 58.3 Å². The first-order chi connectivity index (χ1) is 46.5. The third-order valence-corrected chi connectivity index (χ3v) is 19.1. The zero-order valence-corrected chi connectivity index (χ0v) is 54.8. The zero-order chi connectivity index (χ0) is 68.9. The van der Waals surface area contributed by atoms with E-state index in [0.717, 1.165) is 45.9 Å². The Morgan fingerprint density at radius 1 is 0.660 bits per heavy atom. The molecular weight excluding hydrogens is 1270 g/mol. The van der Waals surface area contributed by atoms with E-state index < -0.39 is 64.6 Å². The Morgan fingerprint density at radius 3 is 1.99 bits per heavy atom. The molecule has 24 heteroatoms. The molecule has 3 saturated heterocycles. The summed E-state index contributed by atoms with van der Waals surface area (Å²) in [7, 11) is 5.20. The largest absolute Gasteiger partial charge is 0.446 e. The molecule has 0 radical (unpaired) electrons. The quantitative estimate of drug-likeness (QED) is 0.0390. The molecule has 1 spiro atoms. The molecule has 0 saturated carbocycles. The normalized spacial score (nSPS) is 18.2. The van der Waals surface area contributed by atoms with Gasteiger partial charge >= 0.3 is 18.4 Å². The molecule has 3 heterocycles. The van der Waals surface area contributed by atoms with Crippen molar-refractivity contribution in [3.8, 4) is 11.1 Å². The van der Waals surface area contributed by atoms with Gasteiger partial charge in [0.1, 0.15) is 37.5 Å². The highest BCUT2D eigenvalue weighted by molar-refractivity contribution is 5.95. The van der Waals surface area contributed by atoms with E-state index in [4.69, 9.17) is 18.9 Å². The number of carbonyl (C=O) groups is 5. The van der Waals surface area contributed by atoms with E-state index in [-0.39, 0.29) is 62.2 Å². The predicted molar refractivity (Wildman–Crippen MR) is 352 cm³/mol. The Bertz CT molecular complexity index is 3630. The van der Waals surface area contributed by atoms with Crippen molar-refractivity contribution in [3.63, 3.8) is 0 Å². The van der Waals surface area contributed by atoms with Crippen molar-refractivity contribution in [3.05, 3.63) is 190 Å². The van der Waals surface area contributed by atoms with Gasteiger partial charge in [-0.15, -0.1) is 0 Å². The van der Waals surface area contributed by atoms with E-state index in [1.165, 1.54) is 24.3 Å². The fourth-order valence-electron chi connectivity index (χ4n) is 13.4. The van der Waals surface area contributed by atoms with Crippen molar-refractivity contribution in [2.24, 2.45) is 0 Å². The molecule has 518 valence electrons. The smallest absolute Gasteiger partial charge is 0.416 e. The van der Waals surface area contributed by atoms with Crippen molar-refractivity contribution >= 4 is 41.1 Å². The first kappa shape index (κ1) is 71.4. The summed E-state index contributed by atoms with van der Waals surface area (Å²) in [4.78, 5) is 77.0. The summed E-state index contributed by atoms with van der Waals surface area (Å²) >= 11 is 0. The fourth-order valence-corrected chi connectivity index (χ4v) is 13.4. The Morgan fingerprint density at radius 2 is 1.29 bits per heavy atom. The second-order valence-corrected chi connectivity index (χ2v) is 25.6. The summed E-state index contributed by atoms with van der Waals surface area (Å²) in [6.45, 7) is 5.30. The highest BCUT2D eigenvalue weighted by Gasteiger charge is 2.50. The second-order valence-electron chi connectivity index (χ2n) is 25.6. The zero-order valence-electron chi connectivity index (χ0n) is 54.8. The number of rotatable bonds is 26. The van der Waals surface area contributed by atoms with Gasteiger partial charge in [-0.2, -0.15) is 26.3 Å². The minimum Gasteiger partial charge on any atom is -0.446 e. The van der Waals surface area contributed by atoms with Gasteiger partial charge in [0.15, 0.2) is 0 Å². The predicted octanol–water partition coefficient (Wildman–Crippen LogP) is 11.8. The number of halogens is 7. The van der Waals surface area contributed by atoms with Crippen LogP contribution in [0.5, 0.6) is 0 Å². The van der Waals surface area contributed by atoms with Gasteiger partial charge in [-0.05, 0) is 147 Å². The number of nitrogens with one attached hydrogen (secondary N) is 2. The van der Waals surface area contributed by atoms with Crippen molar-refractivity contribution in [1.29, 1.82) is 0 Å². The average Bonchev–Trinajstić information content (AvgIpc) is 1.61. The SMILES string of the molecule is CN(CCN1CCC(OC(=O)Nc2ccccc2-c2ccccc2)CC1)C(=O)COCCCNc1ccc(C(=O)N(C)CCCN(C)C(=O)CO[C@H]2Cc3ccccc3C23CCN(CC[C@@]2(c4ccc(F)cc4)CN(C(=O)c4cc(C(F)(F)F)cc(C(F)(F)F)c4)CO2)CC3)cc1. The highest BCUT2D eigenvalue weighted by Crippen LogP contribution is 2.48. The number of piperidine rings is 2. The van der Waals surface area contributed by atoms with Crippen LogP contribution in [0.4, 0.5) is 46.9 Å². The number of nitrogens with zero attached hydrogens (tertiary/aromatic N) is 6. The van der Waals surface area contributed by atoms with E-state index in [2.05, 4.69) is 32.6 Å².